The van der Waals surface area contributed by atoms with E-state index in [0.29, 0.717) is 12.6 Å². The van der Waals surface area contributed by atoms with Crippen molar-refractivity contribution in [2.24, 2.45) is 4.99 Å². The average Bonchev–Trinajstić information content (AvgIpc) is 2.69. The van der Waals surface area contributed by atoms with E-state index in [4.69, 9.17) is 19.2 Å². The van der Waals surface area contributed by atoms with Crippen LogP contribution in [0.5, 0.6) is 5.75 Å². The molecule has 1 fully saturated rings. The summed E-state index contributed by atoms with van der Waals surface area (Å²) in [4.78, 5) is 7.19. The summed E-state index contributed by atoms with van der Waals surface area (Å²) in [5.74, 6) is 1.91. The minimum Gasteiger partial charge on any atom is -0.496 e. The first-order valence-corrected chi connectivity index (χ1v) is 9.95. The van der Waals surface area contributed by atoms with Crippen molar-refractivity contribution in [3.8, 4) is 5.75 Å². The normalized spacial score (nSPS) is 15.3. The molecule has 0 unspecified atom stereocenters. The zero-order chi connectivity index (χ0) is 19.5. The number of guanidine groups is 1. The van der Waals surface area contributed by atoms with Crippen molar-refractivity contribution >= 4 is 29.9 Å². The lowest BCUT2D eigenvalue weighted by atomic mass is 10.1. The van der Waals surface area contributed by atoms with E-state index >= 15 is 0 Å². The second-order valence-corrected chi connectivity index (χ2v) is 6.88. The van der Waals surface area contributed by atoms with E-state index in [1.807, 2.05) is 6.07 Å². The van der Waals surface area contributed by atoms with Gasteiger partial charge in [0.2, 0.25) is 0 Å². The number of aryl methyl sites for hydroxylation is 1. The van der Waals surface area contributed by atoms with Gasteiger partial charge in [-0.05, 0) is 50.3 Å². The molecular weight excluding hydrogens is 469 g/mol. The minimum atomic E-state index is 0. The lowest BCUT2D eigenvalue weighted by Gasteiger charge is -2.34. The fraction of sp³-hybridized carbons (Fsp3) is 0.667. The maximum Gasteiger partial charge on any atom is 0.194 e. The topological polar surface area (TPSA) is 55.3 Å². The maximum absolute atomic E-state index is 5.96. The van der Waals surface area contributed by atoms with Crippen LogP contribution >= 0.6 is 24.0 Å². The quantitative estimate of drug-likeness (QED) is 0.241. The molecule has 0 spiro atoms. The van der Waals surface area contributed by atoms with E-state index in [9.17, 15) is 0 Å². The highest BCUT2D eigenvalue weighted by Crippen LogP contribution is 2.19. The molecule has 160 valence electrons. The molecule has 0 radical (unpaired) electrons. The molecule has 0 amide bonds. The van der Waals surface area contributed by atoms with Crippen molar-refractivity contribution in [3.63, 3.8) is 0 Å². The summed E-state index contributed by atoms with van der Waals surface area (Å²) in [7, 11) is 3.43. The number of methoxy groups -OCH3 is 2. The minimum absolute atomic E-state index is 0. The van der Waals surface area contributed by atoms with Crippen LogP contribution in [-0.2, 0) is 16.0 Å². The van der Waals surface area contributed by atoms with Gasteiger partial charge in [0.25, 0.3) is 0 Å². The molecule has 0 aliphatic carbocycles. The van der Waals surface area contributed by atoms with Gasteiger partial charge in [-0.25, -0.2) is 4.99 Å². The van der Waals surface area contributed by atoms with Crippen LogP contribution in [0.2, 0.25) is 0 Å². The van der Waals surface area contributed by atoms with Crippen molar-refractivity contribution in [2.75, 3.05) is 47.1 Å². The van der Waals surface area contributed by atoms with Crippen molar-refractivity contribution in [1.82, 2.24) is 10.2 Å². The van der Waals surface area contributed by atoms with Gasteiger partial charge >= 0.3 is 0 Å². The summed E-state index contributed by atoms with van der Waals surface area (Å²) >= 11 is 0. The van der Waals surface area contributed by atoms with E-state index < -0.39 is 0 Å². The zero-order valence-electron chi connectivity index (χ0n) is 17.7. The molecule has 1 aromatic carbocycles. The summed E-state index contributed by atoms with van der Waals surface area (Å²) in [6.07, 6.45) is 3.39. The Morgan fingerprint density at radius 2 is 1.96 bits per heavy atom. The third-order valence-electron chi connectivity index (χ3n) is 4.79. The van der Waals surface area contributed by atoms with Crippen LogP contribution in [0.1, 0.15) is 37.3 Å². The number of likely N-dealkylation sites (tertiary alicyclic amines) is 1. The van der Waals surface area contributed by atoms with Crippen LogP contribution in [0.4, 0.5) is 0 Å². The predicted octanol–water partition coefficient (Wildman–Crippen LogP) is 3.60. The SMILES string of the molecule is CCNC(=NCc1ccc(OC)c(C)c1)N1CCC(OCCCOC)CC1.I. The van der Waals surface area contributed by atoms with Crippen LogP contribution < -0.4 is 10.1 Å². The third kappa shape index (κ3) is 8.13. The highest BCUT2D eigenvalue weighted by molar-refractivity contribution is 14.0. The molecule has 1 aliphatic rings. The van der Waals surface area contributed by atoms with E-state index in [2.05, 4.69) is 36.2 Å². The first-order chi connectivity index (χ1) is 13.2. The number of nitrogens with one attached hydrogen (secondary N) is 1. The van der Waals surface area contributed by atoms with Crippen LogP contribution in [-0.4, -0.2) is 64.0 Å². The molecule has 1 aliphatic heterocycles. The molecule has 0 bridgehead atoms. The number of benzene rings is 1. The first kappa shape index (κ1) is 25.0. The Morgan fingerprint density at radius 1 is 1.21 bits per heavy atom. The summed E-state index contributed by atoms with van der Waals surface area (Å²) in [6, 6.07) is 6.24. The van der Waals surface area contributed by atoms with Gasteiger partial charge in [0.05, 0.1) is 19.8 Å². The summed E-state index contributed by atoms with van der Waals surface area (Å²) < 4.78 is 16.4. The molecule has 6 nitrogen and oxygen atoms in total. The zero-order valence-corrected chi connectivity index (χ0v) is 20.0. The lowest BCUT2D eigenvalue weighted by Crippen LogP contribution is -2.47. The maximum atomic E-state index is 5.96. The number of hydrogen-bond acceptors (Lipinski definition) is 4. The fourth-order valence-electron chi connectivity index (χ4n) is 3.32. The van der Waals surface area contributed by atoms with Gasteiger partial charge in [-0.15, -0.1) is 24.0 Å². The second kappa shape index (κ2) is 14.0. The van der Waals surface area contributed by atoms with Gasteiger partial charge in [-0.3, -0.25) is 0 Å². The van der Waals surface area contributed by atoms with Crippen molar-refractivity contribution < 1.29 is 14.2 Å². The summed E-state index contributed by atoms with van der Waals surface area (Å²) in [6.45, 7) is 9.21. The van der Waals surface area contributed by atoms with E-state index in [-0.39, 0.29) is 24.0 Å². The Morgan fingerprint density at radius 3 is 2.57 bits per heavy atom. The molecule has 1 heterocycles. The van der Waals surface area contributed by atoms with Crippen LogP contribution in [0, 0.1) is 6.92 Å². The average molecular weight is 505 g/mol. The highest BCUT2D eigenvalue weighted by atomic mass is 127. The Hall–Kier alpha value is -1.06. The van der Waals surface area contributed by atoms with Crippen molar-refractivity contribution in [3.05, 3.63) is 29.3 Å². The van der Waals surface area contributed by atoms with Gasteiger partial charge in [-0.1, -0.05) is 12.1 Å². The Labute approximate surface area is 187 Å². The van der Waals surface area contributed by atoms with Gasteiger partial charge in [0, 0.05) is 40.0 Å². The van der Waals surface area contributed by atoms with Crippen molar-refractivity contribution in [2.45, 2.75) is 45.8 Å². The van der Waals surface area contributed by atoms with Gasteiger partial charge in [0.15, 0.2) is 5.96 Å². The molecule has 1 saturated heterocycles. The Balaban J connectivity index is 0.00000392. The van der Waals surface area contributed by atoms with Gasteiger partial charge < -0.3 is 24.4 Å². The largest absolute Gasteiger partial charge is 0.496 e. The van der Waals surface area contributed by atoms with Gasteiger partial charge in [-0.2, -0.15) is 0 Å². The number of aliphatic imine (C=N–C) groups is 1. The smallest absolute Gasteiger partial charge is 0.194 e. The molecule has 0 saturated carbocycles. The van der Waals surface area contributed by atoms with Crippen LogP contribution in [0.3, 0.4) is 0 Å². The number of nitrogens with zero attached hydrogens (tertiary/aromatic N) is 2. The molecule has 7 heteroatoms. The van der Waals surface area contributed by atoms with E-state index in [0.717, 1.165) is 69.4 Å². The molecule has 1 aromatic rings. The van der Waals surface area contributed by atoms with E-state index in [1.165, 1.54) is 5.56 Å². The lowest BCUT2D eigenvalue weighted by molar-refractivity contribution is 0.00990. The predicted molar refractivity (Wildman–Crippen MR) is 125 cm³/mol. The Kier molecular flexibility index (Phi) is 12.5. The molecule has 0 atom stereocenters. The Bertz CT molecular complexity index is 590. The molecule has 1 N–H and O–H groups in total. The van der Waals surface area contributed by atoms with E-state index in [1.54, 1.807) is 14.2 Å². The summed E-state index contributed by atoms with van der Waals surface area (Å²) in [5, 5.41) is 3.43. The van der Waals surface area contributed by atoms with Crippen LogP contribution in [0.25, 0.3) is 0 Å². The first-order valence-electron chi connectivity index (χ1n) is 9.95. The number of rotatable bonds is 9. The van der Waals surface area contributed by atoms with Gasteiger partial charge in [0.1, 0.15) is 5.75 Å². The second-order valence-electron chi connectivity index (χ2n) is 6.88. The number of piperidine rings is 1. The number of ether oxygens (including phenoxy) is 3. The molecule has 28 heavy (non-hydrogen) atoms. The molecule has 2 rings (SSSR count). The number of halogens is 1. The monoisotopic (exact) mass is 505 g/mol. The van der Waals surface area contributed by atoms with Crippen molar-refractivity contribution in [1.29, 1.82) is 0 Å². The fourth-order valence-corrected chi connectivity index (χ4v) is 3.32. The molecule has 0 aromatic heterocycles. The molecular formula is C21H36IN3O3. The van der Waals surface area contributed by atoms with Crippen LogP contribution in [0.15, 0.2) is 23.2 Å². The third-order valence-corrected chi connectivity index (χ3v) is 4.79. The summed E-state index contributed by atoms with van der Waals surface area (Å²) in [5.41, 5.74) is 2.33. The highest BCUT2D eigenvalue weighted by Gasteiger charge is 2.21. The standard InChI is InChI=1S/C21H35N3O3.HI/c1-5-22-21(23-16-18-7-8-20(26-4)17(2)15-18)24-11-9-19(10-12-24)27-14-6-13-25-3;/h7-8,15,19H,5-6,9-14,16H2,1-4H3,(H,22,23);1H. The number of hydrogen-bond donors (Lipinski definition) is 1.